The number of aliphatic carboxylic acids is 2. The summed E-state index contributed by atoms with van der Waals surface area (Å²) >= 11 is 0. The maximum atomic E-state index is 10.9. The molecule has 4 aromatic rings. The Labute approximate surface area is 183 Å². The molecule has 4 aromatic heterocycles. The van der Waals surface area contributed by atoms with Crippen molar-refractivity contribution in [1.29, 1.82) is 0 Å². The highest BCUT2D eigenvalue weighted by Crippen LogP contribution is 2.26. The Morgan fingerprint density at radius 3 is 1.34 bits per heavy atom. The number of carboxylic acids is 2. The Bertz CT molecular complexity index is 1170. The molecule has 0 bridgehead atoms. The molecule has 0 aliphatic rings. The van der Waals surface area contributed by atoms with Gasteiger partial charge in [-0.1, -0.05) is 0 Å². The summed E-state index contributed by atoms with van der Waals surface area (Å²) in [5.41, 5.74) is 5.19. The molecule has 0 unspecified atom stereocenters. The van der Waals surface area contributed by atoms with Crippen molar-refractivity contribution in [2.45, 2.75) is 13.1 Å². The Morgan fingerprint density at radius 2 is 1.00 bits per heavy atom. The van der Waals surface area contributed by atoms with E-state index in [0.29, 0.717) is 11.4 Å². The molecular weight excluding hydrogens is 408 g/mol. The fourth-order valence-electron chi connectivity index (χ4n) is 3.32. The lowest BCUT2D eigenvalue weighted by Crippen LogP contribution is -2.36. The average Bonchev–Trinajstić information content (AvgIpc) is 2.79. The fourth-order valence-corrected chi connectivity index (χ4v) is 3.32. The molecule has 4 rings (SSSR count). The molecule has 158 valence electrons. The second-order valence-electron chi connectivity index (χ2n) is 7.17. The minimum Gasteiger partial charge on any atom is -0.477 e. The lowest BCUT2D eigenvalue weighted by molar-refractivity contribution is -0.685. The van der Waals surface area contributed by atoms with Crippen LogP contribution >= 0.6 is 0 Å². The normalized spacial score (nSPS) is 10.6. The van der Waals surface area contributed by atoms with E-state index in [-0.39, 0.29) is 13.1 Å². The number of nitrogens with zero attached hydrogens (tertiary/aromatic N) is 4. The lowest BCUT2D eigenvalue weighted by atomic mass is 10.0. The summed E-state index contributed by atoms with van der Waals surface area (Å²) in [6.07, 6.45) is 10.4. The van der Waals surface area contributed by atoms with Crippen molar-refractivity contribution in [2.75, 3.05) is 0 Å². The van der Waals surface area contributed by atoms with Crippen LogP contribution in [0, 0.1) is 0 Å². The Morgan fingerprint density at radius 1 is 0.625 bits per heavy atom. The zero-order valence-corrected chi connectivity index (χ0v) is 17.0. The highest BCUT2D eigenvalue weighted by atomic mass is 16.4. The first-order valence-corrected chi connectivity index (χ1v) is 9.83. The highest BCUT2D eigenvalue weighted by molar-refractivity contribution is 5.72. The largest absolute Gasteiger partial charge is 0.477 e. The van der Waals surface area contributed by atoms with E-state index in [0.717, 1.165) is 22.3 Å². The van der Waals surface area contributed by atoms with Crippen molar-refractivity contribution >= 4 is 11.9 Å². The van der Waals surface area contributed by atoms with Gasteiger partial charge in [-0.25, -0.2) is 9.59 Å². The molecule has 8 nitrogen and oxygen atoms in total. The van der Waals surface area contributed by atoms with Crippen LogP contribution in [0.5, 0.6) is 0 Å². The average molecular weight is 428 g/mol. The monoisotopic (exact) mass is 428 g/mol. The van der Waals surface area contributed by atoms with Crippen LogP contribution < -0.4 is 9.13 Å². The molecule has 0 atom stereocenters. The van der Waals surface area contributed by atoms with Crippen molar-refractivity contribution in [3.05, 3.63) is 85.7 Å². The van der Waals surface area contributed by atoms with Crippen LogP contribution in [0.3, 0.4) is 0 Å². The maximum absolute atomic E-state index is 10.9. The van der Waals surface area contributed by atoms with Gasteiger partial charge in [-0.3, -0.25) is 9.97 Å². The molecule has 0 radical (unpaired) electrons. The van der Waals surface area contributed by atoms with Crippen LogP contribution in [0.1, 0.15) is 0 Å². The SMILES string of the molecule is O=C(O)C[n+]1ccc(-c2ccnc(-c3cc(-c4cc[n+](CC(=O)O)cc4)ccn3)c2)cc1. The maximum Gasteiger partial charge on any atom is 0.370 e. The van der Waals surface area contributed by atoms with Gasteiger partial charge in [0.2, 0.25) is 13.1 Å². The van der Waals surface area contributed by atoms with Gasteiger partial charge in [-0.2, -0.15) is 9.13 Å². The summed E-state index contributed by atoms with van der Waals surface area (Å²) in [5.74, 6) is -1.79. The number of hydrogen-bond donors (Lipinski definition) is 2. The lowest BCUT2D eigenvalue weighted by Gasteiger charge is -2.06. The second kappa shape index (κ2) is 9.13. The molecule has 0 saturated heterocycles. The number of pyridine rings is 4. The van der Waals surface area contributed by atoms with Crippen molar-refractivity contribution < 1.29 is 28.9 Å². The van der Waals surface area contributed by atoms with Crippen LogP contribution in [0.4, 0.5) is 0 Å². The van der Waals surface area contributed by atoms with E-state index in [1.165, 1.54) is 0 Å². The third-order valence-electron chi connectivity index (χ3n) is 4.87. The van der Waals surface area contributed by atoms with Gasteiger partial charge in [0, 0.05) is 36.7 Å². The molecular formula is C24H20N4O4+2. The minimum absolute atomic E-state index is 0.0889. The Hall–Kier alpha value is -4.46. The Balaban J connectivity index is 1.60. The van der Waals surface area contributed by atoms with Crippen molar-refractivity contribution in [3.63, 3.8) is 0 Å². The summed E-state index contributed by atoms with van der Waals surface area (Å²) < 4.78 is 3.19. The number of rotatable bonds is 7. The molecule has 32 heavy (non-hydrogen) atoms. The van der Waals surface area contributed by atoms with E-state index >= 15 is 0 Å². The van der Waals surface area contributed by atoms with E-state index in [2.05, 4.69) is 9.97 Å². The standard InChI is InChI=1S/C24H18N4O4/c29-23(30)15-27-9-3-17(4-10-27)19-1-7-25-21(13-19)22-14-20(2-8-26-22)18-5-11-28(12-6-18)16-24(31)32/h1-14H,15-16H2/p+2. The molecule has 0 amide bonds. The van der Waals surface area contributed by atoms with Gasteiger partial charge in [0.05, 0.1) is 11.4 Å². The predicted molar refractivity (Wildman–Crippen MR) is 114 cm³/mol. The summed E-state index contributed by atoms with van der Waals surface area (Å²) in [7, 11) is 0. The summed E-state index contributed by atoms with van der Waals surface area (Å²) in [6, 6.07) is 15.1. The highest BCUT2D eigenvalue weighted by Gasteiger charge is 2.11. The third-order valence-corrected chi connectivity index (χ3v) is 4.87. The van der Waals surface area contributed by atoms with Crippen LogP contribution in [-0.4, -0.2) is 32.1 Å². The van der Waals surface area contributed by atoms with E-state index in [1.54, 1.807) is 46.3 Å². The van der Waals surface area contributed by atoms with E-state index in [1.807, 2.05) is 48.5 Å². The van der Waals surface area contributed by atoms with E-state index in [4.69, 9.17) is 10.2 Å². The molecule has 8 heteroatoms. The minimum atomic E-state index is -0.893. The number of aromatic nitrogens is 4. The predicted octanol–water partition coefficient (Wildman–Crippen LogP) is 2.22. The van der Waals surface area contributed by atoms with Gasteiger partial charge < -0.3 is 10.2 Å². The first-order valence-electron chi connectivity index (χ1n) is 9.83. The molecule has 0 aromatic carbocycles. The number of carbonyl (C=O) groups is 2. The smallest absolute Gasteiger partial charge is 0.370 e. The second-order valence-corrected chi connectivity index (χ2v) is 7.17. The van der Waals surface area contributed by atoms with Gasteiger partial charge in [-0.05, 0) is 46.5 Å². The quantitative estimate of drug-likeness (QED) is 0.437. The van der Waals surface area contributed by atoms with Crippen LogP contribution in [0.25, 0.3) is 33.6 Å². The summed E-state index contributed by atoms with van der Waals surface area (Å²) in [4.78, 5) is 30.6. The molecule has 0 aliphatic carbocycles. The molecule has 0 spiro atoms. The van der Waals surface area contributed by atoms with Crippen molar-refractivity contribution in [1.82, 2.24) is 9.97 Å². The van der Waals surface area contributed by atoms with E-state index in [9.17, 15) is 9.59 Å². The molecule has 0 saturated carbocycles. The van der Waals surface area contributed by atoms with E-state index < -0.39 is 11.9 Å². The Kier molecular flexibility index (Phi) is 5.94. The zero-order valence-electron chi connectivity index (χ0n) is 17.0. The topological polar surface area (TPSA) is 108 Å². The van der Waals surface area contributed by atoms with Crippen LogP contribution in [-0.2, 0) is 22.7 Å². The summed E-state index contributed by atoms with van der Waals surface area (Å²) in [6.45, 7) is -0.178. The first kappa shape index (κ1) is 20.8. The molecule has 4 heterocycles. The van der Waals surface area contributed by atoms with Gasteiger partial charge >= 0.3 is 11.9 Å². The molecule has 0 fully saturated rings. The van der Waals surface area contributed by atoms with Crippen LogP contribution in [0.2, 0.25) is 0 Å². The number of carboxylic acid groups (broad SMARTS) is 2. The fraction of sp³-hybridized carbons (Fsp3) is 0.0833. The van der Waals surface area contributed by atoms with Gasteiger partial charge in [0.25, 0.3) is 0 Å². The van der Waals surface area contributed by atoms with Gasteiger partial charge in [0.1, 0.15) is 0 Å². The van der Waals surface area contributed by atoms with Crippen molar-refractivity contribution in [2.24, 2.45) is 0 Å². The third kappa shape index (κ3) is 4.99. The van der Waals surface area contributed by atoms with Gasteiger partial charge in [0.15, 0.2) is 24.8 Å². The zero-order chi connectivity index (χ0) is 22.5. The first-order chi connectivity index (χ1) is 15.5. The molecule has 2 N–H and O–H groups in total. The summed E-state index contributed by atoms with van der Waals surface area (Å²) in [5, 5.41) is 17.8. The van der Waals surface area contributed by atoms with Crippen molar-refractivity contribution in [3.8, 4) is 33.6 Å². The van der Waals surface area contributed by atoms with Crippen LogP contribution in [0.15, 0.2) is 85.7 Å². The van der Waals surface area contributed by atoms with Gasteiger partial charge in [-0.15, -0.1) is 0 Å². The number of hydrogen-bond acceptors (Lipinski definition) is 4. The molecule has 0 aliphatic heterocycles.